The highest BCUT2D eigenvalue weighted by Gasteiger charge is 2.62. The quantitative estimate of drug-likeness (QED) is 0.0218. The maximum atomic E-state index is 9.80. The first-order valence-electron chi connectivity index (χ1n) is 26.6. The lowest BCUT2D eigenvalue weighted by molar-refractivity contribution is -0.354. The topological polar surface area (TPSA) is 211 Å². The van der Waals surface area contributed by atoms with Gasteiger partial charge in [-0.3, -0.25) is 5.41 Å². The summed E-state index contributed by atoms with van der Waals surface area (Å²) in [6.45, 7) is 10.5. The third kappa shape index (κ3) is 13.7. The standard InChI is InChI=1S/C57H67Cl3N4O15/c1-33-42(63-64-62)40(29-65-26-36-18-10-6-11-19-36)71-51(76-54(61)57(58,59)60)44(33)73-52-47-46(77-55(4,5)78-47)45(35(3)70-52)74-49-34(2)43(41(30-68-49)67-28-38-22-14-8-15-23-38)72-53-48-56(32-69-53,31-66-27-37-20-12-7-13-21-37)79-50(75-48)39-24-16-9-17-25-39/h6-25,33-35,40-53,61H,26-32H2,1-5H3/t33?,34?,35?,40?,41-,42-,43?,44?,45+,46?,47?,48?,49+,50+,51-,52+,53+,56-/m1/s1. The number of nitrogens with one attached hydrogen (secondary N) is 1. The number of hydrogen-bond donors (Lipinski definition) is 1. The van der Waals surface area contributed by atoms with E-state index in [9.17, 15) is 5.53 Å². The van der Waals surface area contributed by atoms with Gasteiger partial charge in [-0.15, -0.1) is 0 Å². The van der Waals surface area contributed by atoms with Crippen LogP contribution in [-0.2, 0) is 90.9 Å². The molecule has 9 unspecified atom stereocenters. The van der Waals surface area contributed by atoms with Gasteiger partial charge in [-0.25, -0.2) is 0 Å². The van der Waals surface area contributed by atoms with Crippen LogP contribution in [0.1, 0.15) is 63.2 Å². The fourth-order valence-electron chi connectivity index (χ4n) is 11.0. The van der Waals surface area contributed by atoms with Crippen molar-refractivity contribution in [2.45, 2.75) is 162 Å². The molecule has 0 aliphatic carbocycles. The Hall–Kier alpha value is -4.03. The van der Waals surface area contributed by atoms with Crippen molar-refractivity contribution in [3.63, 3.8) is 0 Å². The van der Waals surface area contributed by atoms with E-state index in [1.807, 2.05) is 135 Å². The highest BCUT2D eigenvalue weighted by molar-refractivity contribution is 6.76. The summed E-state index contributed by atoms with van der Waals surface area (Å²) in [7, 11) is 0. The predicted octanol–water partition coefficient (Wildman–Crippen LogP) is 10.0. The molecular weight excluding hydrogens is 1090 g/mol. The van der Waals surface area contributed by atoms with Gasteiger partial charge in [-0.2, -0.15) is 0 Å². The molecule has 6 aliphatic rings. The molecule has 6 heterocycles. The highest BCUT2D eigenvalue weighted by atomic mass is 35.6. The minimum atomic E-state index is -2.25. The van der Waals surface area contributed by atoms with Gasteiger partial charge in [-0.1, -0.05) is 175 Å². The second-order valence-corrected chi connectivity index (χ2v) is 23.4. The Bertz CT molecular complexity index is 2650. The SMILES string of the molecule is CC1C(O[C@@H]2OC[C@@]3(COCc4ccccc4)O[C@@H](c4ccccc4)OC23)[C@H](OCc2ccccc2)CO[C@H]1O[C@H]1C(C)O[C@@H](OC2C(C)[C@@H](N=[N+]=[N-])C(COCc3ccccc3)O[C@@H]2OC(=N)C(Cl)(Cl)Cl)C2OC(C)(C)OC21. The van der Waals surface area contributed by atoms with E-state index in [1.165, 1.54) is 0 Å². The van der Waals surface area contributed by atoms with Gasteiger partial charge in [0.05, 0.1) is 70.6 Å². The predicted molar refractivity (Wildman–Crippen MR) is 286 cm³/mol. The summed E-state index contributed by atoms with van der Waals surface area (Å²) in [5, 5.41) is 12.7. The Morgan fingerprint density at radius 2 is 1.27 bits per heavy atom. The lowest BCUT2D eigenvalue weighted by atomic mass is 9.88. The number of benzene rings is 4. The first-order chi connectivity index (χ1) is 38.1. The summed E-state index contributed by atoms with van der Waals surface area (Å²) in [5.41, 5.74) is 12.6. The number of alkyl halides is 3. The molecule has 79 heavy (non-hydrogen) atoms. The smallest absolute Gasteiger partial charge is 0.265 e. The van der Waals surface area contributed by atoms with Gasteiger partial charge in [0.15, 0.2) is 30.9 Å². The molecular formula is C57H67Cl3N4O15. The summed E-state index contributed by atoms with van der Waals surface area (Å²) >= 11 is 18.4. The molecule has 0 aromatic heterocycles. The molecule has 0 bridgehead atoms. The van der Waals surface area contributed by atoms with Gasteiger partial charge in [0, 0.05) is 16.4 Å². The van der Waals surface area contributed by atoms with Crippen molar-refractivity contribution < 1.29 is 71.1 Å². The molecule has 0 saturated carbocycles. The van der Waals surface area contributed by atoms with Crippen LogP contribution in [0.3, 0.4) is 0 Å². The van der Waals surface area contributed by atoms with Gasteiger partial charge < -0.3 is 71.1 Å². The number of rotatable bonds is 20. The van der Waals surface area contributed by atoms with E-state index in [1.54, 1.807) is 20.8 Å². The van der Waals surface area contributed by atoms with Crippen LogP contribution in [0.15, 0.2) is 126 Å². The van der Waals surface area contributed by atoms with Gasteiger partial charge >= 0.3 is 0 Å². The van der Waals surface area contributed by atoms with Crippen LogP contribution in [0.2, 0.25) is 0 Å². The van der Waals surface area contributed by atoms with Crippen LogP contribution < -0.4 is 0 Å². The van der Waals surface area contributed by atoms with Crippen LogP contribution in [0, 0.1) is 17.2 Å². The molecule has 4 aromatic rings. The molecule has 6 aliphatic heterocycles. The minimum Gasteiger partial charge on any atom is -0.445 e. The summed E-state index contributed by atoms with van der Waals surface area (Å²) in [5.74, 6) is -2.99. The zero-order chi connectivity index (χ0) is 55.3. The van der Waals surface area contributed by atoms with Gasteiger partial charge in [0.25, 0.3) is 3.79 Å². The summed E-state index contributed by atoms with van der Waals surface area (Å²) in [6.07, 6.45) is -12.1. The van der Waals surface area contributed by atoms with Crippen molar-refractivity contribution in [2.75, 3.05) is 26.4 Å². The van der Waals surface area contributed by atoms with Crippen molar-refractivity contribution in [3.8, 4) is 0 Å². The molecule has 0 spiro atoms. The Morgan fingerprint density at radius 1 is 0.671 bits per heavy atom. The van der Waals surface area contributed by atoms with Crippen LogP contribution in [0.25, 0.3) is 10.4 Å². The van der Waals surface area contributed by atoms with Gasteiger partial charge in [0.2, 0.25) is 12.2 Å². The maximum absolute atomic E-state index is 9.80. The Morgan fingerprint density at radius 3 is 1.91 bits per heavy atom. The van der Waals surface area contributed by atoms with Crippen molar-refractivity contribution in [1.29, 1.82) is 5.41 Å². The fraction of sp³-hybridized carbons (Fsp3) is 0.561. The highest BCUT2D eigenvalue weighted by Crippen LogP contribution is 2.48. The lowest BCUT2D eigenvalue weighted by Crippen LogP contribution is -2.63. The zero-order valence-electron chi connectivity index (χ0n) is 44.4. The largest absolute Gasteiger partial charge is 0.445 e. The van der Waals surface area contributed by atoms with E-state index < -0.39 is 125 Å². The third-order valence-electron chi connectivity index (χ3n) is 15.0. The molecule has 0 radical (unpaired) electrons. The van der Waals surface area contributed by atoms with Crippen LogP contribution in [0.4, 0.5) is 0 Å². The number of nitrogens with zero attached hydrogens (tertiary/aromatic N) is 3. The zero-order valence-corrected chi connectivity index (χ0v) is 46.7. The Kier molecular flexibility index (Phi) is 18.9. The van der Waals surface area contributed by atoms with E-state index in [2.05, 4.69) is 10.0 Å². The number of fused-ring (bicyclic) bond motifs is 2. The van der Waals surface area contributed by atoms with Gasteiger partial charge in [0.1, 0.15) is 42.2 Å². The Balaban J connectivity index is 0.869. The van der Waals surface area contributed by atoms with E-state index >= 15 is 0 Å². The molecule has 0 amide bonds. The summed E-state index contributed by atoms with van der Waals surface area (Å²) in [4.78, 5) is 3.15. The van der Waals surface area contributed by atoms with E-state index in [0.29, 0.717) is 13.2 Å². The monoisotopic (exact) mass is 1150 g/mol. The second kappa shape index (κ2) is 25.6. The molecule has 22 heteroatoms. The van der Waals surface area contributed by atoms with Crippen molar-refractivity contribution in [1.82, 2.24) is 0 Å². The van der Waals surface area contributed by atoms with E-state index in [4.69, 9.17) is 111 Å². The lowest BCUT2D eigenvalue weighted by Gasteiger charge is -2.48. The number of ether oxygens (including phenoxy) is 15. The van der Waals surface area contributed by atoms with E-state index in [-0.39, 0.29) is 33.0 Å². The summed E-state index contributed by atoms with van der Waals surface area (Å²) < 4.78 is 96.5. The summed E-state index contributed by atoms with van der Waals surface area (Å²) in [6, 6.07) is 38.3. The number of azide groups is 1. The normalized spacial score (nSPS) is 36.0. The van der Waals surface area contributed by atoms with Crippen molar-refractivity contribution in [3.05, 3.63) is 154 Å². The molecule has 6 fully saturated rings. The van der Waals surface area contributed by atoms with E-state index in [0.717, 1.165) is 22.3 Å². The molecule has 4 aromatic carbocycles. The number of hydrogen-bond acceptors (Lipinski definition) is 17. The minimum absolute atomic E-state index is 0.00795. The fourth-order valence-corrected chi connectivity index (χ4v) is 11.1. The van der Waals surface area contributed by atoms with Crippen LogP contribution >= 0.6 is 34.8 Å². The molecule has 18 atom stereocenters. The molecule has 426 valence electrons. The molecule has 19 nitrogen and oxygen atoms in total. The molecule has 6 saturated heterocycles. The average molecular weight is 1150 g/mol. The van der Waals surface area contributed by atoms with Crippen LogP contribution in [-0.4, -0.2) is 134 Å². The second-order valence-electron chi connectivity index (χ2n) is 21.2. The van der Waals surface area contributed by atoms with Crippen molar-refractivity contribution in [2.24, 2.45) is 17.0 Å². The first kappa shape index (κ1) is 58.2. The van der Waals surface area contributed by atoms with Crippen molar-refractivity contribution >= 4 is 40.7 Å². The average Bonchev–Trinajstić information content (AvgIpc) is 4.34. The Labute approximate surface area is 474 Å². The first-order valence-corrected chi connectivity index (χ1v) is 27.7. The number of halogens is 3. The third-order valence-corrected chi connectivity index (χ3v) is 15.5. The molecule has 10 rings (SSSR count). The van der Waals surface area contributed by atoms with Gasteiger partial charge in [-0.05, 0) is 48.9 Å². The molecule has 1 N–H and O–H groups in total. The van der Waals surface area contributed by atoms with Crippen LogP contribution in [0.5, 0.6) is 0 Å². The maximum Gasteiger partial charge on any atom is 0.265 e.